The summed E-state index contributed by atoms with van der Waals surface area (Å²) in [6, 6.07) is 10.9. The Balaban J connectivity index is 1.63. The van der Waals surface area contributed by atoms with Gasteiger partial charge in [0.2, 0.25) is 0 Å². The number of morpholine rings is 1. The molecule has 6 heteroatoms. The molecule has 0 radical (unpaired) electrons. The molecule has 5 nitrogen and oxygen atoms in total. The number of aliphatic hydroxyl groups is 1. The van der Waals surface area contributed by atoms with E-state index in [1.165, 1.54) is 11.8 Å². The summed E-state index contributed by atoms with van der Waals surface area (Å²) in [5.74, 6) is -0.204. The minimum Gasteiger partial charge on any atom is -0.392 e. The topological polar surface area (TPSA) is 40.9 Å². The average Bonchev–Trinajstić information content (AvgIpc) is 3.13. The molecule has 0 aliphatic carbocycles. The van der Waals surface area contributed by atoms with E-state index in [9.17, 15) is 9.50 Å². The van der Waals surface area contributed by atoms with Crippen molar-refractivity contribution < 1.29 is 14.2 Å². The number of hydrogen-bond donors (Lipinski definition) is 1. The zero-order valence-electron chi connectivity index (χ0n) is 16.8. The molecule has 2 heterocycles. The largest absolute Gasteiger partial charge is 0.392 e. The first kappa shape index (κ1) is 21.0. The van der Waals surface area contributed by atoms with Gasteiger partial charge in [-0.3, -0.25) is 9.80 Å². The van der Waals surface area contributed by atoms with Gasteiger partial charge in [-0.1, -0.05) is 19.1 Å². The smallest absolute Gasteiger partial charge is 0.123 e. The van der Waals surface area contributed by atoms with Gasteiger partial charge >= 0.3 is 0 Å². The molecule has 1 atom stereocenters. The van der Waals surface area contributed by atoms with Crippen molar-refractivity contribution >= 4 is 0 Å². The Labute approximate surface area is 167 Å². The van der Waals surface area contributed by atoms with Crippen LogP contribution in [-0.4, -0.2) is 71.5 Å². The number of hydrogen-bond acceptors (Lipinski definition) is 4. The van der Waals surface area contributed by atoms with Crippen LogP contribution < -0.4 is 0 Å². The van der Waals surface area contributed by atoms with Crippen molar-refractivity contribution in [3.8, 4) is 0 Å². The monoisotopic (exact) mass is 389 g/mol. The first-order chi connectivity index (χ1) is 13.6. The van der Waals surface area contributed by atoms with Gasteiger partial charge < -0.3 is 14.4 Å². The second kappa shape index (κ2) is 10.7. The maximum absolute atomic E-state index is 13.5. The summed E-state index contributed by atoms with van der Waals surface area (Å²) in [6.45, 7) is 9.51. The Bertz CT molecular complexity index is 715. The SMILES string of the molecule is CCC(O)CN(CCN1CCOCC1)Cc1cccn1Cc1cccc(F)c1. The third-order valence-corrected chi connectivity index (χ3v) is 5.33. The molecule has 0 amide bonds. The summed E-state index contributed by atoms with van der Waals surface area (Å²) >= 11 is 0. The maximum Gasteiger partial charge on any atom is 0.123 e. The van der Waals surface area contributed by atoms with Gasteiger partial charge in [0.25, 0.3) is 0 Å². The molecule has 154 valence electrons. The lowest BCUT2D eigenvalue weighted by molar-refractivity contribution is 0.0288. The third-order valence-electron chi connectivity index (χ3n) is 5.33. The molecule has 0 bridgehead atoms. The molecule has 1 fully saturated rings. The lowest BCUT2D eigenvalue weighted by atomic mass is 10.2. The van der Waals surface area contributed by atoms with E-state index in [0.717, 1.165) is 57.9 Å². The summed E-state index contributed by atoms with van der Waals surface area (Å²) in [5, 5.41) is 10.2. The molecule has 28 heavy (non-hydrogen) atoms. The van der Waals surface area contributed by atoms with Gasteiger partial charge in [0.15, 0.2) is 0 Å². The Kier molecular flexibility index (Phi) is 8.03. The number of rotatable bonds is 10. The molecule has 0 saturated carbocycles. The van der Waals surface area contributed by atoms with Crippen molar-refractivity contribution in [2.45, 2.75) is 32.5 Å². The van der Waals surface area contributed by atoms with E-state index in [1.54, 1.807) is 12.1 Å². The molecule has 3 rings (SSSR count). The number of halogens is 1. The van der Waals surface area contributed by atoms with E-state index < -0.39 is 0 Å². The zero-order chi connectivity index (χ0) is 19.8. The number of ether oxygens (including phenoxy) is 1. The number of aromatic nitrogens is 1. The molecule has 1 aromatic carbocycles. The molecule has 1 N–H and O–H groups in total. The fourth-order valence-corrected chi connectivity index (χ4v) is 3.58. The molecule has 1 saturated heterocycles. The fourth-order valence-electron chi connectivity index (χ4n) is 3.58. The van der Waals surface area contributed by atoms with Crippen molar-refractivity contribution in [1.29, 1.82) is 0 Å². The molecular weight excluding hydrogens is 357 g/mol. The Morgan fingerprint density at radius 2 is 2.04 bits per heavy atom. The zero-order valence-corrected chi connectivity index (χ0v) is 16.8. The predicted octanol–water partition coefficient (Wildman–Crippen LogP) is 2.58. The van der Waals surface area contributed by atoms with Crippen LogP contribution in [0, 0.1) is 5.82 Å². The Morgan fingerprint density at radius 1 is 1.21 bits per heavy atom. The highest BCUT2D eigenvalue weighted by Crippen LogP contribution is 2.13. The second-order valence-corrected chi connectivity index (χ2v) is 7.51. The maximum atomic E-state index is 13.5. The molecular formula is C22H32FN3O2. The number of nitrogens with zero attached hydrogens (tertiary/aromatic N) is 3. The first-order valence-corrected chi connectivity index (χ1v) is 10.2. The van der Waals surface area contributed by atoms with Crippen LogP contribution in [0.3, 0.4) is 0 Å². The van der Waals surface area contributed by atoms with Crippen LogP contribution in [0.1, 0.15) is 24.6 Å². The average molecular weight is 390 g/mol. The highest BCUT2D eigenvalue weighted by atomic mass is 19.1. The molecule has 0 spiro atoms. The lowest BCUT2D eigenvalue weighted by Gasteiger charge is -2.31. The molecule has 1 aliphatic rings. The highest BCUT2D eigenvalue weighted by Gasteiger charge is 2.16. The van der Waals surface area contributed by atoms with Crippen LogP contribution in [0.5, 0.6) is 0 Å². The number of benzene rings is 1. The van der Waals surface area contributed by atoms with Gasteiger partial charge in [0.1, 0.15) is 5.82 Å². The van der Waals surface area contributed by atoms with E-state index in [-0.39, 0.29) is 11.9 Å². The van der Waals surface area contributed by atoms with Crippen LogP contribution in [0.4, 0.5) is 4.39 Å². The lowest BCUT2D eigenvalue weighted by Crippen LogP contribution is -2.43. The van der Waals surface area contributed by atoms with Gasteiger partial charge in [0.05, 0.1) is 19.3 Å². The van der Waals surface area contributed by atoms with Crippen LogP contribution in [0.15, 0.2) is 42.6 Å². The van der Waals surface area contributed by atoms with Crippen LogP contribution in [0.2, 0.25) is 0 Å². The minimum atomic E-state index is -0.323. The predicted molar refractivity (Wildman–Crippen MR) is 109 cm³/mol. The summed E-state index contributed by atoms with van der Waals surface area (Å²) < 4.78 is 21.1. The summed E-state index contributed by atoms with van der Waals surface area (Å²) in [5.41, 5.74) is 2.13. The number of aliphatic hydroxyl groups excluding tert-OH is 1. The Hall–Kier alpha value is -1.73. The fraction of sp³-hybridized carbons (Fsp3) is 0.545. The summed E-state index contributed by atoms with van der Waals surface area (Å²) in [6.07, 6.45) is 2.46. The van der Waals surface area contributed by atoms with Crippen LogP contribution in [-0.2, 0) is 17.8 Å². The highest BCUT2D eigenvalue weighted by molar-refractivity contribution is 5.19. The van der Waals surface area contributed by atoms with Gasteiger partial charge in [-0.15, -0.1) is 0 Å². The van der Waals surface area contributed by atoms with Crippen molar-refractivity contribution in [3.63, 3.8) is 0 Å². The van der Waals surface area contributed by atoms with E-state index in [4.69, 9.17) is 4.74 Å². The standard InChI is InChI=1S/C22H32FN3O2/c1-2-22(27)18-25(10-9-24-11-13-28-14-12-24)17-21-7-4-8-26(21)16-19-5-3-6-20(23)15-19/h3-8,15,22,27H,2,9-14,16-18H2,1H3. The molecule has 1 aliphatic heterocycles. The molecule has 2 aromatic rings. The molecule has 1 aromatic heterocycles. The first-order valence-electron chi connectivity index (χ1n) is 10.2. The van der Waals surface area contributed by atoms with E-state index in [2.05, 4.69) is 20.4 Å². The van der Waals surface area contributed by atoms with Crippen LogP contribution >= 0.6 is 0 Å². The normalized spacial score (nSPS) is 16.6. The van der Waals surface area contributed by atoms with Crippen molar-refractivity contribution in [1.82, 2.24) is 14.4 Å². The molecule has 1 unspecified atom stereocenters. The minimum absolute atomic E-state index is 0.204. The second-order valence-electron chi connectivity index (χ2n) is 7.51. The van der Waals surface area contributed by atoms with E-state index >= 15 is 0 Å². The Morgan fingerprint density at radius 3 is 2.79 bits per heavy atom. The summed E-state index contributed by atoms with van der Waals surface area (Å²) in [7, 11) is 0. The van der Waals surface area contributed by atoms with Crippen molar-refractivity contribution in [2.75, 3.05) is 45.9 Å². The summed E-state index contributed by atoms with van der Waals surface area (Å²) in [4.78, 5) is 4.74. The van der Waals surface area contributed by atoms with E-state index in [0.29, 0.717) is 13.1 Å². The van der Waals surface area contributed by atoms with Gasteiger partial charge in [-0.2, -0.15) is 0 Å². The quantitative estimate of drug-likeness (QED) is 0.678. The van der Waals surface area contributed by atoms with Gasteiger partial charge in [0, 0.05) is 57.7 Å². The van der Waals surface area contributed by atoms with Gasteiger partial charge in [-0.25, -0.2) is 4.39 Å². The van der Waals surface area contributed by atoms with Crippen LogP contribution in [0.25, 0.3) is 0 Å². The van der Waals surface area contributed by atoms with Gasteiger partial charge in [-0.05, 0) is 36.2 Å². The van der Waals surface area contributed by atoms with Crippen molar-refractivity contribution in [3.05, 3.63) is 59.7 Å². The van der Waals surface area contributed by atoms with E-state index in [1.807, 2.05) is 25.3 Å². The third kappa shape index (κ3) is 6.41. The van der Waals surface area contributed by atoms with Crippen molar-refractivity contribution in [2.24, 2.45) is 0 Å².